The first-order valence-corrected chi connectivity index (χ1v) is 7.79. The van der Waals surface area contributed by atoms with E-state index in [1.54, 1.807) is 4.90 Å². The number of carbonyl (C=O) groups is 1. The highest BCUT2D eigenvalue weighted by molar-refractivity contribution is 5.68. The molecule has 1 aliphatic carbocycles. The molecule has 0 bridgehead atoms. The number of piperidine rings is 1. The third-order valence-corrected chi connectivity index (χ3v) is 4.10. The Kier molecular flexibility index (Phi) is 4.91. The lowest BCUT2D eigenvalue weighted by Crippen LogP contribution is -2.55. The van der Waals surface area contributed by atoms with Gasteiger partial charge in [-0.2, -0.15) is 0 Å². The van der Waals surface area contributed by atoms with Crippen LogP contribution >= 0.6 is 0 Å². The molecule has 2 fully saturated rings. The van der Waals surface area contributed by atoms with Crippen LogP contribution in [0.1, 0.15) is 46.5 Å². The van der Waals surface area contributed by atoms with Crippen LogP contribution in [-0.4, -0.2) is 53.5 Å². The molecule has 1 heterocycles. The van der Waals surface area contributed by atoms with Gasteiger partial charge < -0.3 is 20.1 Å². The van der Waals surface area contributed by atoms with Gasteiger partial charge in [-0.05, 0) is 38.5 Å². The molecular weight excluding hydrogens is 256 g/mol. The summed E-state index contributed by atoms with van der Waals surface area (Å²) < 4.78 is 5.28. The zero-order valence-electron chi connectivity index (χ0n) is 12.9. The number of likely N-dealkylation sites (tertiary alicyclic amines) is 1. The van der Waals surface area contributed by atoms with Gasteiger partial charge in [0, 0.05) is 25.2 Å². The fraction of sp³-hybridized carbons (Fsp3) is 0.933. The van der Waals surface area contributed by atoms with Gasteiger partial charge in [-0.1, -0.05) is 13.8 Å². The average Bonchev–Trinajstić information content (AvgIpc) is 3.18. The van der Waals surface area contributed by atoms with Crippen LogP contribution in [0.15, 0.2) is 0 Å². The molecule has 0 spiro atoms. The molecule has 1 saturated carbocycles. The minimum absolute atomic E-state index is 0.0226. The number of nitrogens with zero attached hydrogens (tertiary/aromatic N) is 1. The van der Waals surface area contributed by atoms with E-state index in [9.17, 15) is 9.90 Å². The molecule has 1 amide bonds. The maximum absolute atomic E-state index is 12.0. The van der Waals surface area contributed by atoms with Crippen molar-refractivity contribution in [1.82, 2.24) is 10.2 Å². The van der Waals surface area contributed by atoms with Crippen LogP contribution in [0.5, 0.6) is 0 Å². The molecule has 5 nitrogen and oxygen atoms in total. The maximum Gasteiger partial charge on any atom is 0.410 e. The van der Waals surface area contributed by atoms with E-state index in [1.807, 2.05) is 20.8 Å². The first-order chi connectivity index (χ1) is 9.39. The molecule has 0 aromatic heterocycles. The largest absolute Gasteiger partial charge is 0.449 e. The van der Waals surface area contributed by atoms with Gasteiger partial charge in [0.25, 0.3) is 0 Å². The maximum atomic E-state index is 12.0. The van der Waals surface area contributed by atoms with Crippen molar-refractivity contribution in [3.05, 3.63) is 0 Å². The molecular formula is C15H28N2O3. The third-order valence-electron chi connectivity index (χ3n) is 4.10. The van der Waals surface area contributed by atoms with Gasteiger partial charge >= 0.3 is 6.09 Å². The Bertz CT molecular complexity index is 344. The Morgan fingerprint density at radius 1 is 1.50 bits per heavy atom. The number of rotatable bonds is 5. The summed E-state index contributed by atoms with van der Waals surface area (Å²) in [5, 5.41) is 14.0. The molecule has 5 heteroatoms. The Morgan fingerprint density at radius 3 is 2.75 bits per heavy atom. The minimum atomic E-state index is -0.684. The molecule has 2 N–H and O–H groups in total. The number of hydrogen-bond acceptors (Lipinski definition) is 4. The van der Waals surface area contributed by atoms with E-state index in [0.717, 1.165) is 0 Å². The smallest absolute Gasteiger partial charge is 0.410 e. The molecule has 20 heavy (non-hydrogen) atoms. The van der Waals surface area contributed by atoms with Gasteiger partial charge in [0.2, 0.25) is 0 Å². The van der Waals surface area contributed by atoms with Crippen molar-refractivity contribution in [2.45, 2.75) is 64.1 Å². The molecule has 2 rings (SSSR count). The Labute approximate surface area is 121 Å². The van der Waals surface area contributed by atoms with E-state index in [1.165, 1.54) is 12.8 Å². The van der Waals surface area contributed by atoms with Crippen molar-refractivity contribution in [2.75, 3.05) is 19.7 Å². The summed E-state index contributed by atoms with van der Waals surface area (Å²) in [6.07, 6.45) is 3.43. The van der Waals surface area contributed by atoms with Gasteiger partial charge in [-0.3, -0.25) is 0 Å². The molecule has 0 aromatic carbocycles. The van der Waals surface area contributed by atoms with Gasteiger partial charge in [-0.15, -0.1) is 0 Å². The summed E-state index contributed by atoms with van der Waals surface area (Å²) in [6, 6.07) is 0.623. The van der Waals surface area contributed by atoms with Crippen molar-refractivity contribution in [1.29, 1.82) is 0 Å². The predicted molar refractivity (Wildman–Crippen MR) is 77.6 cm³/mol. The molecule has 1 aliphatic heterocycles. The summed E-state index contributed by atoms with van der Waals surface area (Å²) >= 11 is 0. The fourth-order valence-corrected chi connectivity index (χ4v) is 2.69. The van der Waals surface area contributed by atoms with E-state index in [-0.39, 0.29) is 12.1 Å². The van der Waals surface area contributed by atoms with Crippen LogP contribution in [0.25, 0.3) is 0 Å². The minimum Gasteiger partial charge on any atom is -0.449 e. The second-order valence-electron chi connectivity index (χ2n) is 6.85. The molecule has 116 valence electrons. The average molecular weight is 284 g/mol. The highest BCUT2D eigenvalue weighted by Crippen LogP contribution is 2.28. The zero-order valence-corrected chi connectivity index (χ0v) is 12.9. The summed E-state index contributed by atoms with van der Waals surface area (Å²) in [6.45, 7) is 7.69. The molecule has 0 radical (unpaired) electrons. The van der Waals surface area contributed by atoms with Crippen molar-refractivity contribution in [3.8, 4) is 0 Å². The van der Waals surface area contributed by atoms with Crippen molar-refractivity contribution in [2.24, 2.45) is 5.92 Å². The van der Waals surface area contributed by atoms with E-state index < -0.39 is 5.60 Å². The summed E-state index contributed by atoms with van der Waals surface area (Å²) in [7, 11) is 0. The Hall–Kier alpha value is -0.810. The molecule has 2 aliphatic rings. The van der Waals surface area contributed by atoms with E-state index in [0.29, 0.717) is 44.5 Å². The normalized spacial score (nSPS) is 30.6. The number of ether oxygens (including phenoxy) is 1. The third kappa shape index (κ3) is 4.35. The van der Waals surface area contributed by atoms with E-state index >= 15 is 0 Å². The summed E-state index contributed by atoms with van der Waals surface area (Å²) in [5.74, 6) is 0.346. The number of carbonyl (C=O) groups excluding carboxylic acids is 1. The van der Waals surface area contributed by atoms with Gasteiger partial charge in [0.1, 0.15) is 0 Å². The van der Waals surface area contributed by atoms with Crippen LogP contribution in [0.4, 0.5) is 4.79 Å². The van der Waals surface area contributed by atoms with E-state index in [2.05, 4.69) is 5.32 Å². The van der Waals surface area contributed by atoms with E-state index in [4.69, 9.17) is 4.74 Å². The molecule has 2 atom stereocenters. The summed E-state index contributed by atoms with van der Waals surface area (Å²) in [5.41, 5.74) is -0.684. The standard InChI is InChI=1S/C15H28N2O3/c1-11(2)9-20-14(18)17-7-6-15(19,8-12(17)3)10-16-13-4-5-13/h11-13,16,19H,4-10H2,1-3H3. The second-order valence-corrected chi connectivity index (χ2v) is 6.85. The van der Waals surface area contributed by atoms with Gasteiger partial charge in [0.05, 0.1) is 12.2 Å². The van der Waals surface area contributed by atoms with Crippen LogP contribution in [-0.2, 0) is 4.74 Å². The zero-order chi connectivity index (χ0) is 14.8. The lowest BCUT2D eigenvalue weighted by atomic mass is 9.87. The topological polar surface area (TPSA) is 61.8 Å². The predicted octanol–water partition coefficient (Wildman–Crippen LogP) is 1.75. The van der Waals surface area contributed by atoms with Gasteiger partial charge in [-0.25, -0.2) is 4.79 Å². The summed E-state index contributed by atoms with van der Waals surface area (Å²) in [4.78, 5) is 13.8. The lowest BCUT2D eigenvalue weighted by Gasteiger charge is -2.42. The van der Waals surface area contributed by atoms with Gasteiger partial charge in [0.15, 0.2) is 0 Å². The number of amides is 1. The van der Waals surface area contributed by atoms with Crippen molar-refractivity contribution >= 4 is 6.09 Å². The SMILES string of the molecule is CC(C)COC(=O)N1CCC(O)(CNC2CC2)CC1C. The quantitative estimate of drug-likeness (QED) is 0.807. The molecule has 2 unspecified atom stereocenters. The Morgan fingerprint density at radius 2 is 2.20 bits per heavy atom. The van der Waals surface area contributed by atoms with Crippen LogP contribution in [0, 0.1) is 5.92 Å². The van der Waals surface area contributed by atoms with Crippen LogP contribution < -0.4 is 5.32 Å². The number of hydrogen-bond donors (Lipinski definition) is 2. The number of nitrogens with one attached hydrogen (secondary N) is 1. The Balaban J connectivity index is 1.79. The monoisotopic (exact) mass is 284 g/mol. The first kappa shape index (κ1) is 15.6. The van der Waals surface area contributed by atoms with Crippen molar-refractivity contribution < 1.29 is 14.6 Å². The van der Waals surface area contributed by atoms with Crippen molar-refractivity contribution in [3.63, 3.8) is 0 Å². The molecule has 1 saturated heterocycles. The fourth-order valence-electron chi connectivity index (χ4n) is 2.69. The number of aliphatic hydroxyl groups is 1. The highest BCUT2D eigenvalue weighted by atomic mass is 16.6. The lowest BCUT2D eigenvalue weighted by molar-refractivity contribution is -0.0399. The van der Waals surface area contributed by atoms with Crippen LogP contribution in [0.3, 0.4) is 0 Å². The van der Waals surface area contributed by atoms with Crippen LogP contribution in [0.2, 0.25) is 0 Å². The highest BCUT2D eigenvalue weighted by Gasteiger charge is 2.39. The first-order valence-electron chi connectivity index (χ1n) is 7.79. The second kappa shape index (κ2) is 6.31. The molecule has 0 aromatic rings.